The first-order chi connectivity index (χ1) is 13.7. The molecule has 0 aliphatic rings. The summed E-state index contributed by atoms with van der Waals surface area (Å²) in [5, 5.41) is 5.83. The molecule has 1 N–H and O–H groups in total. The number of nitrogens with zero attached hydrogens (tertiary/aromatic N) is 2. The number of aromatic nitrogens is 2. The maximum absolute atomic E-state index is 12.9. The zero-order valence-electron chi connectivity index (χ0n) is 14.8. The van der Waals surface area contributed by atoms with Crippen molar-refractivity contribution in [2.75, 3.05) is 5.32 Å². The molecule has 6 heteroatoms. The van der Waals surface area contributed by atoms with Crippen molar-refractivity contribution in [2.45, 2.75) is 10.8 Å². The van der Waals surface area contributed by atoms with Crippen LogP contribution < -0.4 is 5.32 Å². The molecule has 138 valence electrons. The molecule has 2 heterocycles. The number of rotatable bonds is 5. The second-order valence-corrected chi connectivity index (χ2v) is 7.11. The monoisotopic (exact) mass is 389 g/mol. The fourth-order valence-electron chi connectivity index (χ4n) is 2.78. The third kappa shape index (κ3) is 4.18. The number of hydrogen-bond donors (Lipinski definition) is 1. The molecule has 1 amide bonds. The van der Waals surface area contributed by atoms with E-state index in [4.69, 9.17) is 0 Å². The fourth-order valence-corrected chi connectivity index (χ4v) is 3.58. The minimum Gasteiger partial charge on any atom is -0.322 e. The van der Waals surface area contributed by atoms with E-state index >= 15 is 0 Å². The van der Waals surface area contributed by atoms with Gasteiger partial charge in [-0.15, -0.1) is 11.8 Å². The lowest BCUT2D eigenvalue weighted by Gasteiger charge is -2.07. The van der Waals surface area contributed by atoms with Crippen molar-refractivity contribution in [2.24, 2.45) is 0 Å². The Labute approximate surface area is 165 Å². The Bertz CT molecular complexity index is 1110. The summed E-state index contributed by atoms with van der Waals surface area (Å²) in [4.78, 5) is 21.1. The van der Waals surface area contributed by atoms with Crippen LogP contribution in [-0.2, 0) is 5.75 Å². The molecule has 0 saturated heterocycles. The normalized spacial score (nSPS) is 10.8. The number of anilines is 1. The third-order valence-electron chi connectivity index (χ3n) is 4.21. The first kappa shape index (κ1) is 18.1. The number of carbonyl (C=O) groups excluding carboxylic acids is 1. The highest BCUT2D eigenvalue weighted by Crippen LogP contribution is 2.25. The van der Waals surface area contributed by atoms with Crippen molar-refractivity contribution >= 4 is 34.1 Å². The molecule has 4 nitrogen and oxygen atoms in total. The van der Waals surface area contributed by atoms with Crippen LogP contribution in [-0.4, -0.2) is 15.9 Å². The van der Waals surface area contributed by atoms with Gasteiger partial charge in [0.25, 0.3) is 5.91 Å². The zero-order chi connectivity index (χ0) is 19.3. The fraction of sp³-hybridized carbons (Fsp3) is 0.0455. The molecule has 0 fully saturated rings. The predicted molar refractivity (Wildman–Crippen MR) is 110 cm³/mol. The molecule has 2 aromatic heterocycles. The van der Waals surface area contributed by atoms with Crippen LogP contribution in [0.3, 0.4) is 0 Å². The van der Waals surface area contributed by atoms with Gasteiger partial charge in [-0.3, -0.25) is 9.78 Å². The molecular weight excluding hydrogens is 373 g/mol. The first-order valence-electron chi connectivity index (χ1n) is 8.67. The Morgan fingerprint density at radius 3 is 2.57 bits per heavy atom. The van der Waals surface area contributed by atoms with Crippen molar-refractivity contribution in [1.82, 2.24) is 9.97 Å². The number of amides is 1. The van der Waals surface area contributed by atoms with Gasteiger partial charge >= 0.3 is 0 Å². The van der Waals surface area contributed by atoms with E-state index in [-0.39, 0.29) is 11.7 Å². The van der Waals surface area contributed by atoms with E-state index in [9.17, 15) is 9.18 Å². The van der Waals surface area contributed by atoms with Gasteiger partial charge in [0.15, 0.2) is 0 Å². The Morgan fingerprint density at radius 1 is 0.964 bits per heavy atom. The quantitative estimate of drug-likeness (QED) is 0.470. The number of carbonyl (C=O) groups is 1. The van der Waals surface area contributed by atoms with Crippen molar-refractivity contribution in [1.29, 1.82) is 0 Å². The van der Waals surface area contributed by atoms with Crippen LogP contribution in [0.1, 0.15) is 16.1 Å². The van der Waals surface area contributed by atoms with E-state index in [1.807, 2.05) is 30.5 Å². The van der Waals surface area contributed by atoms with Gasteiger partial charge in [-0.2, -0.15) is 0 Å². The Hall–Kier alpha value is -3.25. The van der Waals surface area contributed by atoms with E-state index < -0.39 is 0 Å². The van der Waals surface area contributed by atoms with Crippen LogP contribution in [0.5, 0.6) is 0 Å². The number of thioether (sulfide) groups is 1. The van der Waals surface area contributed by atoms with E-state index in [1.54, 1.807) is 17.8 Å². The molecule has 4 aromatic rings. The molecule has 2 aromatic carbocycles. The lowest BCUT2D eigenvalue weighted by molar-refractivity contribution is 0.102. The summed E-state index contributed by atoms with van der Waals surface area (Å²) in [6.07, 6.45) is 3.35. The summed E-state index contributed by atoms with van der Waals surface area (Å²) < 4.78 is 12.9. The van der Waals surface area contributed by atoms with Crippen LogP contribution in [0.15, 0.2) is 84.1 Å². The second-order valence-electron chi connectivity index (χ2n) is 6.11. The molecule has 0 aliphatic carbocycles. The van der Waals surface area contributed by atoms with Gasteiger partial charge in [0.05, 0.1) is 16.3 Å². The number of benzene rings is 2. The largest absolute Gasteiger partial charge is 0.322 e. The highest BCUT2D eigenvalue weighted by molar-refractivity contribution is 7.98. The van der Waals surface area contributed by atoms with E-state index in [1.165, 1.54) is 30.5 Å². The smallest absolute Gasteiger partial charge is 0.257 e. The van der Waals surface area contributed by atoms with Crippen molar-refractivity contribution in [3.8, 4) is 0 Å². The van der Waals surface area contributed by atoms with Gasteiger partial charge in [-0.25, -0.2) is 9.37 Å². The molecule has 28 heavy (non-hydrogen) atoms. The summed E-state index contributed by atoms with van der Waals surface area (Å²) in [7, 11) is 0. The molecule has 0 aliphatic heterocycles. The van der Waals surface area contributed by atoms with Crippen molar-refractivity contribution in [3.63, 3.8) is 0 Å². The highest BCUT2D eigenvalue weighted by atomic mass is 32.2. The first-order valence-corrected chi connectivity index (χ1v) is 9.66. The number of fused-ring (bicyclic) bond motifs is 1. The molecule has 0 radical (unpaired) electrons. The van der Waals surface area contributed by atoms with Gasteiger partial charge in [-0.1, -0.05) is 24.3 Å². The average molecular weight is 389 g/mol. The topological polar surface area (TPSA) is 54.9 Å². The van der Waals surface area contributed by atoms with Gasteiger partial charge < -0.3 is 5.32 Å². The zero-order valence-corrected chi connectivity index (χ0v) is 15.6. The second kappa shape index (κ2) is 8.19. The van der Waals surface area contributed by atoms with Gasteiger partial charge in [0.1, 0.15) is 5.82 Å². The summed E-state index contributed by atoms with van der Waals surface area (Å²) in [6, 6.07) is 19.3. The standard InChI is InChI=1S/C22H16FN3OS/c23-17-6-8-18(9-7-17)26-22(27)16-5-10-21(25-13-16)28-14-20-19-4-2-1-3-15(19)11-12-24-20/h1-13H,14H2,(H,26,27). The van der Waals surface area contributed by atoms with Crippen molar-refractivity contribution < 1.29 is 9.18 Å². The summed E-state index contributed by atoms with van der Waals surface area (Å²) in [5.74, 6) is 0.0586. The number of nitrogens with one attached hydrogen (secondary N) is 1. The summed E-state index contributed by atoms with van der Waals surface area (Å²) in [5.41, 5.74) is 1.98. The average Bonchev–Trinajstić information content (AvgIpc) is 2.74. The van der Waals surface area contributed by atoms with Gasteiger partial charge in [0.2, 0.25) is 0 Å². The van der Waals surface area contributed by atoms with Crippen LogP contribution in [0.2, 0.25) is 0 Å². The molecular formula is C22H16FN3OS. The lowest BCUT2D eigenvalue weighted by atomic mass is 10.1. The molecule has 0 saturated carbocycles. The number of pyridine rings is 2. The lowest BCUT2D eigenvalue weighted by Crippen LogP contribution is -2.12. The van der Waals surface area contributed by atoms with Crippen LogP contribution >= 0.6 is 11.8 Å². The molecule has 0 atom stereocenters. The predicted octanol–water partition coefficient (Wildman–Crippen LogP) is 5.31. The minimum atomic E-state index is -0.346. The van der Waals surface area contributed by atoms with Gasteiger partial charge in [-0.05, 0) is 47.9 Å². The van der Waals surface area contributed by atoms with E-state index in [0.29, 0.717) is 17.0 Å². The summed E-state index contributed by atoms with van der Waals surface area (Å²) >= 11 is 1.57. The van der Waals surface area contributed by atoms with Gasteiger partial charge in [0, 0.05) is 29.2 Å². The SMILES string of the molecule is O=C(Nc1ccc(F)cc1)c1ccc(SCc2nccc3ccccc23)nc1. The van der Waals surface area contributed by atoms with Crippen LogP contribution in [0.25, 0.3) is 10.8 Å². The van der Waals surface area contributed by atoms with E-state index in [2.05, 4.69) is 27.4 Å². The van der Waals surface area contributed by atoms with E-state index in [0.717, 1.165) is 21.5 Å². The molecule has 0 spiro atoms. The maximum atomic E-state index is 12.9. The van der Waals surface area contributed by atoms with Crippen molar-refractivity contribution in [3.05, 3.63) is 96.2 Å². The summed E-state index contributed by atoms with van der Waals surface area (Å²) in [6.45, 7) is 0. The Morgan fingerprint density at radius 2 is 1.79 bits per heavy atom. The maximum Gasteiger partial charge on any atom is 0.257 e. The Balaban J connectivity index is 1.41. The third-order valence-corrected chi connectivity index (χ3v) is 5.17. The highest BCUT2D eigenvalue weighted by Gasteiger charge is 2.08. The Kier molecular flexibility index (Phi) is 5.30. The number of halogens is 1. The molecule has 0 unspecified atom stereocenters. The molecule has 0 bridgehead atoms. The molecule has 4 rings (SSSR count). The van der Waals surface area contributed by atoms with Crippen LogP contribution in [0, 0.1) is 5.82 Å². The van der Waals surface area contributed by atoms with Crippen LogP contribution in [0.4, 0.5) is 10.1 Å². The minimum absolute atomic E-state index is 0.286. The number of hydrogen-bond acceptors (Lipinski definition) is 4.